The number of furan rings is 1. The Morgan fingerprint density at radius 1 is 0.345 bits per heavy atom. The third-order valence-electron chi connectivity index (χ3n) is 8.80. The average molecular weight is 777 g/mol. The number of benzene rings is 10. The van der Waals surface area contributed by atoms with Crippen molar-refractivity contribution in [3.8, 4) is 44.5 Å². The Bertz CT molecular complexity index is 5350. The maximum atomic E-state index is 10.2. The number of fused-ring (bicyclic) bond motifs is 6. The summed E-state index contributed by atoms with van der Waals surface area (Å²) in [5.41, 5.74) is -13.9. The van der Waals surface area contributed by atoms with E-state index in [0.717, 1.165) is 0 Å². The van der Waals surface area contributed by atoms with Crippen molar-refractivity contribution in [2.45, 2.75) is 0 Å². The first kappa shape index (κ1) is 12.9. The van der Waals surface area contributed by atoms with Crippen LogP contribution < -0.4 is 4.90 Å². The second kappa shape index (κ2) is 14.1. The molecule has 0 unspecified atom stereocenters. The van der Waals surface area contributed by atoms with Gasteiger partial charge in [0, 0.05) is 22.2 Å². The van der Waals surface area contributed by atoms with E-state index in [1.165, 1.54) is 0 Å². The highest BCUT2D eigenvalue weighted by Crippen LogP contribution is 2.48. The van der Waals surface area contributed by atoms with Gasteiger partial charge in [-0.25, -0.2) is 0 Å². The van der Waals surface area contributed by atoms with Gasteiger partial charge in [-0.2, -0.15) is 0 Å². The third-order valence-corrected chi connectivity index (χ3v) is 8.80. The van der Waals surface area contributed by atoms with E-state index in [-0.39, 0.29) is 4.90 Å². The van der Waals surface area contributed by atoms with Crippen LogP contribution in [0.4, 0.5) is 17.1 Å². The van der Waals surface area contributed by atoms with Gasteiger partial charge in [0.25, 0.3) is 0 Å². The largest absolute Gasteiger partial charge is 0.455 e. The fourth-order valence-corrected chi connectivity index (χ4v) is 6.31. The Kier molecular flexibility index (Phi) is 3.15. The smallest absolute Gasteiger partial charge is 0.145 e. The molecule has 0 N–H and O–H groups in total. The minimum Gasteiger partial charge on any atom is -0.455 e. The molecule has 0 spiro atoms. The lowest BCUT2D eigenvalue weighted by Crippen LogP contribution is -2.11. The molecule has 0 atom stereocenters. The predicted octanol–water partition coefficient (Wildman–Crippen LogP) is 16.0. The standard InChI is InChI=1S/C56H37NO/c1-3-15-38(16-4-1)39-27-29-41(30-28-39)46-21-11-13-25-52(46)57(53-36-35-47(40-17-5-2-6-18-40)56-55(53)50-24-12-14-26-54(50)58-56)44-33-31-42(32-34-44)51-37-43-19-7-8-20-45(43)48-22-9-10-23-49(48)51/h1-37H/i1D,2D,3D,4D,5D,6D,7D,8D,9D,10D,11D,12D,13D,14D,15D,16D,17D,18D,19D,20D,21D,22D,23D,24D,25D,26D,27D,28D,29D,30D,31D,32D,33D,34D,35D,36D,37D. The second-order valence-electron chi connectivity index (χ2n) is 12.0. The molecule has 0 radical (unpaired) electrons. The molecule has 272 valence electrons. The number of hydrogen-bond donors (Lipinski definition) is 0. The molecule has 0 saturated carbocycles. The van der Waals surface area contributed by atoms with Crippen LogP contribution in [0.15, 0.2) is 228 Å². The monoisotopic (exact) mass is 777 g/mol. The van der Waals surface area contributed by atoms with Crippen LogP contribution in [0.5, 0.6) is 0 Å². The first-order valence-corrected chi connectivity index (χ1v) is 16.8. The molecule has 0 bridgehead atoms. The quantitative estimate of drug-likeness (QED) is 0.150. The second-order valence-corrected chi connectivity index (χ2v) is 12.0. The van der Waals surface area contributed by atoms with E-state index in [1.54, 1.807) is 0 Å². The molecule has 2 nitrogen and oxygen atoms in total. The molecule has 11 aromatic rings. The lowest BCUT2D eigenvalue weighted by Gasteiger charge is -2.29. The zero-order valence-corrected chi connectivity index (χ0v) is 28.9. The van der Waals surface area contributed by atoms with E-state index >= 15 is 0 Å². The molecular weight excluding hydrogens is 703 g/mol. The number of anilines is 3. The highest BCUT2D eigenvalue weighted by Gasteiger charge is 2.24. The van der Waals surface area contributed by atoms with Gasteiger partial charge in [-0.15, -0.1) is 0 Å². The molecule has 0 aliphatic heterocycles. The van der Waals surface area contributed by atoms with Crippen LogP contribution >= 0.6 is 0 Å². The molecule has 10 aromatic carbocycles. The Morgan fingerprint density at radius 2 is 0.879 bits per heavy atom. The summed E-state index contributed by atoms with van der Waals surface area (Å²) in [6.07, 6.45) is 0. The third kappa shape index (κ3) is 5.74. The Morgan fingerprint density at radius 3 is 1.66 bits per heavy atom. The van der Waals surface area contributed by atoms with Gasteiger partial charge in [0.15, 0.2) is 0 Å². The maximum Gasteiger partial charge on any atom is 0.145 e. The van der Waals surface area contributed by atoms with Gasteiger partial charge in [-0.05, 0) is 97.2 Å². The van der Waals surface area contributed by atoms with E-state index in [4.69, 9.17) is 33.2 Å². The highest BCUT2D eigenvalue weighted by atomic mass is 16.3. The number of para-hydroxylation sites is 2. The molecule has 0 amide bonds. The van der Waals surface area contributed by atoms with Crippen LogP contribution in [-0.2, 0) is 0 Å². The predicted molar refractivity (Wildman–Crippen MR) is 245 cm³/mol. The van der Waals surface area contributed by atoms with Gasteiger partial charge < -0.3 is 9.32 Å². The molecule has 1 aromatic heterocycles. The zero-order chi connectivity index (χ0) is 70.6. The fraction of sp³-hybridized carbons (Fsp3) is 0. The van der Waals surface area contributed by atoms with Crippen molar-refractivity contribution in [2.24, 2.45) is 0 Å². The lowest BCUT2D eigenvalue weighted by atomic mass is 9.93. The lowest BCUT2D eigenvalue weighted by molar-refractivity contribution is 0.670. The van der Waals surface area contributed by atoms with E-state index in [0.29, 0.717) is 0 Å². The van der Waals surface area contributed by atoms with Crippen molar-refractivity contribution in [1.29, 1.82) is 0 Å². The van der Waals surface area contributed by atoms with Crippen LogP contribution in [0.3, 0.4) is 0 Å². The summed E-state index contributed by atoms with van der Waals surface area (Å²) in [7, 11) is 0. The van der Waals surface area contributed by atoms with Gasteiger partial charge in [0.1, 0.15) is 11.2 Å². The van der Waals surface area contributed by atoms with E-state index in [2.05, 4.69) is 0 Å². The van der Waals surface area contributed by atoms with Crippen LogP contribution in [0, 0.1) is 0 Å². The van der Waals surface area contributed by atoms with Crippen LogP contribution in [0.25, 0.3) is 88.0 Å². The average Bonchev–Trinajstić information content (AvgIpc) is 1.61. The molecule has 11 rings (SSSR count). The molecule has 2 heteroatoms. The van der Waals surface area contributed by atoms with Crippen molar-refractivity contribution in [3.05, 3.63) is 224 Å². The Labute approximate surface area is 389 Å². The SMILES string of the molecule is [2H]c1c([2H])c([2H])c(-c2c([2H])c([2H])c(-c3c([2H])c([2H])c([2H])c([2H])c3N(c3c([2H])c([2H])c(-c4c([2H])c5c([2H])c([2H])c([2H])c([2H])c5c5c([2H])c([2H])c([2H])c([2H])c45)c([2H])c3[2H])c3c([2H])c([2H])c(-c4c([2H])c([2H])c([2H])c([2H])c4[2H])c4oc5c([2H])c([2H])c([2H])c([2H])c5c34)c([2H])c2[2H])c([2H])c1[2H]. The maximum absolute atomic E-state index is 10.2. The molecule has 0 aliphatic rings. The molecular formula is C56H37NO. The van der Waals surface area contributed by atoms with Crippen LogP contribution in [0.1, 0.15) is 50.7 Å². The van der Waals surface area contributed by atoms with Gasteiger partial charge in [-0.3, -0.25) is 0 Å². The van der Waals surface area contributed by atoms with Gasteiger partial charge in [0.2, 0.25) is 0 Å². The Hall–Kier alpha value is -7.68. The van der Waals surface area contributed by atoms with Gasteiger partial charge >= 0.3 is 0 Å². The van der Waals surface area contributed by atoms with Crippen LogP contribution in [0.2, 0.25) is 0 Å². The number of rotatable bonds is 7. The highest BCUT2D eigenvalue weighted by molar-refractivity contribution is 6.18. The molecule has 58 heavy (non-hydrogen) atoms. The molecule has 0 fully saturated rings. The normalized spacial score (nSPS) is 20.4. The van der Waals surface area contributed by atoms with Crippen molar-refractivity contribution in [2.75, 3.05) is 4.90 Å². The Balaban J connectivity index is 1.43. The first-order chi connectivity index (χ1) is 44.2. The van der Waals surface area contributed by atoms with Crippen molar-refractivity contribution >= 4 is 60.5 Å². The summed E-state index contributed by atoms with van der Waals surface area (Å²) in [6, 6.07) is -42.1. The topological polar surface area (TPSA) is 16.4 Å². The summed E-state index contributed by atoms with van der Waals surface area (Å²) in [5, 5.41) is -4.70. The van der Waals surface area contributed by atoms with Crippen molar-refractivity contribution in [3.63, 3.8) is 0 Å². The van der Waals surface area contributed by atoms with E-state index in [9.17, 15) is 21.9 Å². The van der Waals surface area contributed by atoms with E-state index in [1.807, 2.05) is 0 Å². The first-order valence-electron chi connectivity index (χ1n) is 35.3. The molecule has 0 aliphatic carbocycles. The van der Waals surface area contributed by atoms with Gasteiger partial charge in [-0.1, -0.05) is 181 Å². The van der Waals surface area contributed by atoms with Crippen molar-refractivity contribution < 1.29 is 55.1 Å². The summed E-state index contributed by atoms with van der Waals surface area (Å²) >= 11 is 0. The minimum atomic E-state index is -1.47. The zero-order valence-electron chi connectivity index (χ0n) is 65.9. The molecule has 1 heterocycles. The summed E-state index contributed by atoms with van der Waals surface area (Å²) in [4.78, 5) is 0.278. The van der Waals surface area contributed by atoms with Crippen LogP contribution in [-0.4, -0.2) is 0 Å². The minimum absolute atomic E-state index is 0.278. The molecule has 0 saturated heterocycles. The number of hydrogen-bond acceptors (Lipinski definition) is 2. The number of nitrogens with zero attached hydrogens (tertiary/aromatic N) is 1. The summed E-state index contributed by atoms with van der Waals surface area (Å²) < 4.78 is 344. The summed E-state index contributed by atoms with van der Waals surface area (Å²) in [5.74, 6) is 0. The van der Waals surface area contributed by atoms with Gasteiger partial charge in [0.05, 0.1) is 67.5 Å². The summed E-state index contributed by atoms with van der Waals surface area (Å²) in [6.45, 7) is 0. The fourth-order valence-electron chi connectivity index (χ4n) is 6.31. The van der Waals surface area contributed by atoms with Crippen molar-refractivity contribution in [1.82, 2.24) is 0 Å². The van der Waals surface area contributed by atoms with E-state index < -0.39 is 329 Å².